The van der Waals surface area contributed by atoms with Crippen LogP contribution in [0.5, 0.6) is 0 Å². The number of rotatable bonds is 3. The SMILES string of the molecule is COC1(C(=O)c2c(F)ccc(Br)c2F)CCC1. The van der Waals surface area contributed by atoms with Gasteiger partial charge in [0.25, 0.3) is 0 Å². The second-order valence-electron chi connectivity index (χ2n) is 4.10. The highest BCUT2D eigenvalue weighted by molar-refractivity contribution is 9.10. The van der Waals surface area contributed by atoms with Crippen LogP contribution in [0, 0.1) is 11.6 Å². The number of carbonyl (C=O) groups is 1. The molecule has 17 heavy (non-hydrogen) atoms. The summed E-state index contributed by atoms with van der Waals surface area (Å²) >= 11 is 2.94. The zero-order chi connectivity index (χ0) is 12.6. The minimum Gasteiger partial charge on any atom is -0.370 e. The number of methoxy groups -OCH3 is 1. The fraction of sp³-hybridized carbons (Fsp3) is 0.417. The van der Waals surface area contributed by atoms with Crippen LogP contribution in [0.2, 0.25) is 0 Å². The van der Waals surface area contributed by atoms with Crippen molar-refractivity contribution in [2.24, 2.45) is 0 Å². The molecule has 0 amide bonds. The Bertz CT molecular complexity index is 464. The summed E-state index contributed by atoms with van der Waals surface area (Å²) in [5, 5.41) is 0. The Morgan fingerprint density at radius 3 is 2.53 bits per heavy atom. The number of benzene rings is 1. The Labute approximate surface area is 106 Å². The summed E-state index contributed by atoms with van der Waals surface area (Å²) in [5.74, 6) is -2.32. The molecule has 0 bridgehead atoms. The third-order valence-corrected chi connectivity index (χ3v) is 3.85. The first-order valence-corrected chi connectivity index (χ1v) is 6.04. The highest BCUT2D eigenvalue weighted by Gasteiger charge is 2.46. The molecule has 0 atom stereocenters. The molecule has 0 N–H and O–H groups in total. The van der Waals surface area contributed by atoms with Gasteiger partial charge >= 0.3 is 0 Å². The molecule has 92 valence electrons. The average Bonchev–Trinajstić information content (AvgIpc) is 2.23. The number of hydrogen-bond donors (Lipinski definition) is 0. The number of ether oxygens (including phenoxy) is 1. The molecule has 2 nitrogen and oxygen atoms in total. The highest BCUT2D eigenvalue weighted by Crippen LogP contribution is 2.39. The van der Waals surface area contributed by atoms with E-state index >= 15 is 0 Å². The lowest BCUT2D eigenvalue weighted by Gasteiger charge is -2.38. The van der Waals surface area contributed by atoms with E-state index < -0.39 is 28.6 Å². The van der Waals surface area contributed by atoms with E-state index in [1.54, 1.807) is 0 Å². The molecular weight excluding hydrogens is 294 g/mol. The third-order valence-electron chi connectivity index (χ3n) is 3.24. The fourth-order valence-electron chi connectivity index (χ4n) is 1.98. The quantitative estimate of drug-likeness (QED) is 0.631. The van der Waals surface area contributed by atoms with Gasteiger partial charge in [0.05, 0.1) is 10.0 Å². The maximum Gasteiger partial charge on any atom is 0.200 e. The summed E-state index contributed by atoms with van der Waals surface area (Å²) in [6, 6.07) is 2.31. The van der Waals surface area contributed by atoms with Gasteiger partial charge in [0.15, 0.2) is 5.82 Å². The summed E-state index contributed by atoms with van der Waals surface area (Å²) in [6.07, 6.45) is 1.85. The molecule has 0 radical (unpaired) electrons. The van der Waals surface area contributed by atoms with E-state index in [0.717, 1.165) is 12.5 Å². The van der Waals surface area contributed by atoms with Gasteiger partial charge in [-0.3, -0.25) is 4.79 Å². The maximum atomic E-state index is 13.8. The Hall–Kier alpha value is -0.810. The van der Waals surface area contributed by atoms with Gasteiger partial charge < -0.3 is 4.74 Å². The van der Waals surface area contributed by atoms with Gasteiger partial charge in [0, 0.05) is 7.11 Å². The van der Waals surface area contributed by atoms with Crippen molar-refractivity contribution in [1.29, 1.82) is 0 Å². The van der Waals surface area contributed by atoms with Gasteiger partial charge in [-0.15, -0.1) is 0 Å². The van der Waals surface area contributed by atoms with Crippen molar-refractivity contribution in [2.75, 3.05) is 7.11 Å². The van der Waals surface area contributed by atoms with Gasteiger partial charge in [0.1, 0.15) is 11.4 Å². The van der Waals surface area contributed by atoms with E-state index in [-0.39, 0.29) is 4.47 Å². The second-order valence-corrected chi connectivity index (χ2v) is 4.95. The van der Waals surface area contributed by atoms with E-state index in [9.17, 15) is 13.6 Å². The fourth-order valence-corrected chi connectivity index (χ4v) is 2.32. The van der Waals surface area contributed by atoms with E-state index in [1.165, 1.54) is 13.2 Å². The number of carbonyl (C=O) groups excluding carboxylic acids is 1. The van der Waals surface area contributed by atoms with Crippen LogP contribution in [0.1, 0.15) is 29.6 Å². The van der Waals surface area contributed by atoms with Gasteiger partial charge in [-0.05, 0) is 47.3 Å². The first-order valence-electron chi connectivity index (χ1n) is 5.25. The molecule has 0 aliphatic heterocycles. The zero-order valence-electron chi connectivity index (χ0n) is 9.23. The van der Waals surface area contributed by atoms with Crippen LogP contribution in [-0.4, -0.2) is 18.5 Å². The van der Waals surface area contributed by atoms with Crippen LogP contribution in [-0.2, 0) is 4.74 Å². The summed E-state index contributed by atoms with van der Waals surface area (Å²) in [6.45, 7) is 0. The third kappa shape index (κ3) is 1.91. The van der Waals surface area contributed by atoms with Crippen molar-refractivity contribution in [3.8, 4) is 0 Å². The van der Waals surface area contributed by atoms with E-state index in [1.807, 2.05) is 0 Å². The molecule has 1 aliphatic carbocycles. The summed E-state index contributed by atoms with van der Waals surface area (Å²) in [4.78, 5) is 12.1. The lowest BCUT2D eigenvalue weighted by Crippen LogP contribution is -2.47. The number of ketones is 1. The van der Waals surface area contributed by atoms with Crippen LogP contribution in [0.15, 0.2) is 16.6 Å². The van der Waals surface area contributed by atoms with Gasteiger partial charge in [-0.2, -0.15) is 0 Å². The van der Waals surface area contributed by atoms with Crippen molar-refractivity contribution in [3.63, 3.8) is 0 Å². The average molecular weight is 305 g/mol. The standard InChI is InChI=1S/C12H11BrF2O2/c1-17-12(5-2-6-12)11(16)9-8(14)4-3-7(13)10(9)15/h3-4H,2,5-6H2,1H3. The molecule has 1 aliphatic rings. The molecule has 0 aromatic heterocycles. The molecule has 1 aromatic carbocycles. The minimum absolute atomic E-state index is 0.0767. The normalized spacial score (nSPS) is 17.6. The van der Waals surface area contributed by atoms with Gasteiger partial charge in [0.2, 0.25) is 5.78 Å². The van der Waals surface area contributed by atoms with Crippen LogP contribution < -0.4 is 0 Å². The van der Waals surface area contributed by atoms with E-state index in [0.29, 0.717) is 12.8 Å². The molecule has 0 unspecified atom stereocenters. The van der Waals surface area contributed by atoms with Crippen LogP contribution in [0.25, 0.3) is 0 Å². The van der Waals surface area contributed by atoms with Crippen LogP contribution in [0.3, 0.4) is 0 Å². The Kier molecular flexibility index (Phi) is 3.32. The zero-order valence-corrected chi connectivity index (χ0v) is 10.8. The Balaban J connectivity index is 2.47. The predicted octanol–water partition coefficient (Wildman–Crippen LogP) is 3.48. The van der Waals surface area contributed by atoms with Gasteiger partial charge in [-0.1, -0.05) is 0 Å². The van der Waals surface area contributed by atoms with Crippen molar-refractivity contribution in [2.45, 2.75) is 24.9 Å². The minimum atomic E-state index is -1.04. The number of halogens is 3. The first-order chi connectivity index (χ1) is 8.02. The molecular formula is C12H11BrF2O2. The van der Waals surface area contributed by atoms with Crippen LogP contribution >= 0.6 is 15.9 Å². The number of Topliss-reactive ketones (excluding diaryl/α,β-unsaturated/α-hetero) is 1. The van der Waals surface area contributed by atoms with Crippen molar-refractivity contribution in [1.82, 2.24) is 0 Å². The smallest absolute Gasteiger partial charge is 0.200 e. The highest BCUT2D eigenvalue weighted by atomic mass is 79.9. The summed E-state index contributed by atoms with van der Waals surface area (Å²) in [5.41, 5.74) is -1.55. The number of hydrogen-bond acceptors (Lipinski definition) is 2. The molecule has 2 rings (SSSR count). The molecule has 1 aromatic rings. The molecule has 0 spiro atoms. The first kappa shape index (κ1) is 12.6. The Morgan fingerprint density at radius 1 is 1.41 bits per heavy atom. The van der Waals surface area contributed by atoms with Crippen LogP contribution in [0.4, 0.5) is 8.78 Å². The molecule has 1 fully saturated rings. The maximum absolute atomic E-state index is 13.8. The monoisotopic (exact) mass is 304 g/mol. The predicted molar refractivity (Wildman–Crippen MR) is 62.0 cm³/mol. The molecule has 1 saturated carbocycles. The largest absolute Gasteiger partial charge is 0.370 e. The van der Waals surface area contributed by atoms with Crippen molar-refractivity contribution in [3.05, 3.63) is 33.8 Å². The molecule has 5 heteroatoms. The summed E-state index contributed by atoms with van der Waals surface area (Å²) in [7, 11) is 1.39. The Morgan fingerprint density at radius 2 is 2.06 bits per heavy atom. The van der Waals surface area contributed by atoms with Crippen molar-refractivity contribution < 1.29 is 18.3 Å². The lowest BCUT2D eigenvalue weighted by molar-refractivity contribution is -0.0453. The topological polar surface area (TPSA) is 26.3 Å². The summed E-state index contributed by atoms with van der Waals surface area (Å²) < 4.78 is 32.6. The van der Waals surface area contributed by atoms with E-state index in [4.69, 9.17) is 4.74 Å². The molecule has 0 saturated heterocycles. The lowest BCUT2D eigenvalue weighted by atomic mass is 9.74. The van der Waals surface area contributed by atoms with Gasteiger partial charge in [-0.25, -0.2) is 8.78 Å². The molecule has 0 heterocycles. The second kappa shape index (κ2) is 4.46. The van der Waals surface area contributed by atoms with Crippen molar-refractivity contribution >= 4 is 21.7 Å². The van der Waals surface area contributed by atoms with E-state index in [2.05, 4.69) is 15.9 Å².